The highest BCUT2D eigenvalue weighted by Gasteiger charge is 2.41. The van der Waals surface area contributed by atoms with Crippen molar-refractivity contribution in [1.82, 2.24) is 4.90 Å². The van der Waals surface area contributed by atoms with Crippen LogP contribution in [0.25, 0.3) is 0 Å². The average Bonchev–Trinajstić information content (AvgIpc) is 2.63. The molecule has 0 aliphatic carbocycles. The first-order valence-electron chi connectivity index (χ1n) is 6.18. The van der Waals surface area contributed by atoms with E-state index in [1.807, 2.05) is 6.92 Å². The number of hydrogen-bond donors (Lipinski definition) is 2. The summed E-state index contributed by atoms with van der Waals surface area (Å²) in [5, 5.41) is 9.69. The molecule has 1 aliphatic rings. The summed E-state index contributed by atoms with van der Waals surface area (Å²) in [4.78, 5) is 23.0. The van der Waals surface area contributed by atoms with Gasteiger partial charge in [0.25, 0.3) is 0 Å². The maximum absolute atomic E-state index is 11.5. The first kappa shape index (κ1) is 15.3. The van der Waals surface area contributed by atoms with Crippen LogP contribution in [0.1, 0.15) is 27.2 Å². The second-order valence-electron chi connectivity index (χ2n) is 4.26. The zero-order valence-corrected chi connectivity index (χ0v) is 11.0. The molecule has 1 aliphatic heterocycles. The lowest BCUT2D eigenvalue weighted by Gasteiger charge is -2.29. The number of carbonyl (C=O) groups is 1. The van der Waals surface area contributed by atoms with Crippen molar-refractivity contribution in [2.24, 2.45) is 11.7 Å². The molecule has 7 heteroatoms. The van der Waals surface area contributed by atoms with Crippen LogP contribution in [-0.2, 0) is 19.3 Å². The molecule has 0 bridgehead atoms. The summed E-state index contributed by atoms with van der Waals surface area (Å²) in [6, 6.07) is 0. The van der Waals surface area contributed by atoms with Gasteiger partial charge in [0.2, 0.25) is 0 Å². The highest BCUT2D eigenvalue weighted by molar-refractivity contribution is 5.71. The first-order chi connectivity index (χ1) is 8.51. The molecule has 0 aromatic rings. The molecule has 0 aromatic heterocycles. The fraction of sp³-hybridized carbons (Fsp3) is 0.909. The molecule has 0 radical (unpaired) electrons. The molecule has 106 valence electrons. The third kappa shape index (κ3) is 3.63. The third-order valence-electron chi connectivity index (χ3n) is 2.98. The lowest BCUT2D eigenvalue weighted by Crippen LogP contribution is -2.49. The number of aliphatic hydroxyl groups is 1. The van der Waals surface area contributed by atoms with E-state index in [1.165, 1.54) is 0 Å². The summed E-state index contributed by atoms with van der Waals surface area (Å²) in [6.45, 7) is 5.61. The molecule has 18 heavy (non-hydrogen) atoms. The van der Waals surface area contributed by atoms with E-state index >= 15 is 0 Å². The van der Waals surface area contributed by atoms with Gasteiger partial charge < -0.3 is 9.84 Å². The third-order valence-corrected chi connectivity index (χ3v) is 2.98. The Kier molecular flexibility index (Phi) is 5.97. The highest BCUT2D eigenvalue weighted by atomic mass is 17.2. The first-order valence-corrected chi connectivity index (χ1v) is 6.18. The van der Waals surface area contributed by atoms with Crippen LogP contribution in [0, 0.1) is 5.92 Å². The summed E-state index contributed by atoms with van der Waals surface area (Å²) in [6.07, 6.45) is -1.28. The standard InChI is InChI=1S/C11H22N2O5/c1-4-8(7(3)14)10-13(11(12)18-17-10)6-9(15)16-5-2/h7-8,10-11,14H,4-6,12H2,1-3H3. The zero-order valence-electron chi connectivity index (χ0n) is 11.0. The van der Waals surface area contributed by atoms with Crippen molar-refractivity contribution < 1.29 is 24.4 Å². The number of carbonyl (C=O) groups excluding carboxylic acids is 1. The van der Waals surface area contributed by atoms with E-state index in [0.29, 0.717) is 13.0 Å². The number of rotatable bonds is 6. The van der Waals surface area contributed by atoms with Crippen molar-refractivity contribution in [2.45, 2.75) is 45.9 Å². The summed E-state index contributed by atoms with van der Waals surface area (Å²) in [5.41, 5.74) is 5.70. The van der Waals surface area contributed by atoms with Gasteiger partial charge in [-0.2, -0.15) is 4.89 Å². The van der Waals surface area contributed by atoms with Crippen LogP contribution < -0.4 is 5.73 Å². The van der Waals surface area contributed by atoms with Crippen LogP contribution in [0.15, 0.2) is 0 Å². The number of hydrogen-bond acceptors (Lipinski definition) is 7. The van der Waals surface area contributed by atoms with E-state index < -0.39 is 24.7 Å². The minimum atomic E-state index is -0.827. The largest absolute Gasteiger partial charge is 0.465 e. The topological polar surface area (TPSA) is 94.3 Å². The van der Waals surface area contributed by atoms with Gasteiger partial charge in [-0.3, -0.25) is 10.5 Å². The van der Waals surface area contributed by atoms with Crippen molar-refractivity contribution in [1.29, 1.82) is 0 Å². The van der Waals surface area contributed by atoms with Crippen molar-refractivity contribution in [3.8, 4) is 0 Å². The Hall–Kier alpha value is -0.730. The summed E-state index contributed by atoms with van der Waals surface area (Å²) < 4.78 is 4.86. The van der Waals surface area contributed by atoms with Crippen LogP contribution in [0.2, 0.25) is 0 Å². The van der Waals surface area contributed by atoms with Crippen molar-refractivity contribution in [2.75, 3.05) is 13.2 Å². The van der Waals surface area contributed by atoms with Gasteiger partial charge in [-0.1, -0.05) is 6.92 Å². The van der Waals surface area contributed by atoms with Gasteiger partial charge in [0.1, 0.15) is 6.54 Å². The maximum Gasteiger partial charge on any atom is 0.320 e. The normalized spacial score (nSPS) is 28.1. The Morgan fingerprint density at radius 1 is 1.50 bits per heavy atom. The number of nitrogens with zero attached hydrogens (tertiary/aromatic N) is 1. The molecule has 3 N–H and O–H groups in total. The average molecular weight is 262 g/mol. The van der Waals surface area contributed by atoms with E-state index in [2.05, 4.69) is 0 Å². The monoisotopic (exact) mass is 262 g/mol. The van der Waals surface area contributed by atoms with Crippen molar-refractivity contribution in [3.05, 3.63) is 0 Å². The molecule has 0 spiro atoms. The predicted octanol–water partition coefficient (Wildman–Crippen LogP) is -0.211. The molecule has 4 unspecified atom stereocenters. The van der Waals surface area contributed by atoms with Crippen LogP contribution in [0.5, 0.6) is 0 Å². The van der Waals surface area contributed by atoms with E-state index in [0.717, 1.165) is 0 Å². The quantitative estimate of drug-likeness (QED) is 0.505. The van der Waals surface area contributed by atoms with Gasteiger partial charge in [0, 0.05) is 5.92 Å². The molecule has 0 amide bonds. The molecule has 0 saturated carbocycles. The SMILES string of the molecule is CCOC(=O)CN1C(N)OOC1C(CC)C(C)O. The fourth-order valence-electron chi connectivity index (χ4n) is 2.00. The second kappa shape index (κ2) is 7.01. The van der Waals surface area contributed by atoms with Crippen LogP contribution >= 0.6 is 0 Å². The number of aliphatic hydroxyl groups excluding tert-OH is 1. The Morgan fingerprint density at radius 2 is 2.17 bits per heavy atom. The molecular weight excluding hydrogens is 240 g/mol. The lowest BCUT2D eigenvalue weighted by atomic mass is 9.98. The van der Waals surface area contributed by atoms with Gasteiger partial charge in [0.05, 0.1) is 12.7 Å². The molecule has 1 rings (SSSR count). The summed E-state index contributed by atoms with van der Waals surface area (Å²) in [7, 11) is 0. The van der Waals surface area contributed by atoms with Gasteiger partial charge in [0.15, 0.2) is 12.6 Å². The van der Waals surface area contributed by atoms with E-state index in [9.17, 15) is 9.90 Å². The molecule has 1 fully saturated rings. The van der Waals surface area contributed by atoms with Crippen molar-refractivity contribution in [3.63, 3.8) is 0 Å². The van der Waals surface area contributed by atoms with Crippen LogP contribution in [-0.4, -0.2) is 47.8 Å². The van der Waals surface area contributed by atoms with Gasteiger partial charge in [-0.05, 0) is 20.3 Å². The fourth-order valence-corrected chi connectivity index (χ4v) is 2.00. The summed E-state index contributed by atoms with van der Waals surface area (Å²) >= 11 is 0. The lowest BCUT2D eigenvalue weighted by molar-refractivity contribution is -0.306. The Labute approximate surface area is 107 Å². The minimum absolute atomic E-state index is 0.0249. The Balaban J connectivity index is 2.68. The van der Waals surface area contributed by atoms with Gasteiger partial charge in [-0.15, -0.1) is 0 Å². The molecule has 1 saturated heterocycles. The molecule has 0 aromatic carbocycles. The Morgan fingerprint density at radius 3 is 2.67 bits per heavy atom. The van der Waals surface area contributed by atoms with Crippen LogP contribution in [0.3, 0.4) is 0 Å². The zero-order chi connectivity index (χ0) is 13.7. The second-order valence-corrected chi connectivity index (χ2v) is 4.26. The summed E-state index contributed by atoms with van der Waals surface area (Å²) in [5.74, 6) is -0.583. The smallest absolute Gasteiger partial charge is 0.320 e. The minimum Gasteiger partial charge on any atom is -0.465 e. The number of ether oxygens (including phenoxy) is 1. The van der Waals surface area contributed by atoms with Gasteiger partial charge in [-0.25, -0.2) is 9.79 Å². The molecule has 4 atom stereocenters. The highest BCUT2D eigenvalue weighted by Crippen LogP contribution is 2.26. The molecule has 7 nitrogen and oxygen atoms in total. The van der Waals surface area contributed by atoms with E-state index in [4.69, 9.17) is 20.2 Å². The van der Waals surface area contributed by atoms with E-state index in [-0.39, 0.29) is 12.5 Å². The Bertz CT molecular complexity index is 274. The number of nitrogens with two attached hydrogens (primary N) is 1. The predicted molar refractivity (Wildman–Crippen MR) is 62.7 cm³/mol. The van der Waals surface area contributed by atoms with Crippen LogP contribution in [0.4, 0.5) is 0 Å². The number of esters is 1. The van der Waals surface area contributed by atoms with E-state index in [1.54, 1.807) is 18.7 Å². The molecule has 1 heterocycles. The van der Waals surface area contributed by atoms with Gasteiger partial charge >= 0.3 is 5.97 Å². The van der Waals surface area contributed by atoms with Crippen molar-refractivity contribution >= 4 is 5.97 Å². The molecular formula is C11H22N2O5. The maximum atomic E-state index is 11.5.